The Morgan fingerprint density at radius 3 is 1.59 bits per heavy atom. The summed E-state index contributed by atoms with van der Waals surface area (Å²) in [4.78, 5) is 23.7. The molecule has 0 aliphatic heterocycles. The molecular formula is C18H16Br2F2N2O2S. The molecule has 0 aliphatic rings. The Hall–Kier alpha value is -1.45. The van der Waals surface area contributed by atoms with Crippen molar-refractivity contribution < 1.29 is 18.4 Å². The summed E-state index contributed by atoms with van der Waals surface area (Å²) < 4.78 is 28.5. The molecule has 0 saturated heterocycles. The van der Waals surface area contributed by atoms with Crippen molar-refractivity contribution in [1.29, 1.82) is 0 Å². The van der Waals surface area contributed by atoms with E-state index in [0.29, 0.717) is 20.5 Å². The number of carbonyl (C=O) groups is 2. The number of rotatable bonds is 8. The van der Waals surface area contributed by atoms with Gasteiger partial charge in [0.25, 0.3) is 0 Å². The Morgan fingerprint density at radius 1 is 0.815 bits per heavy atom. The third-order valence-electron chi connectivity index (χ3n) is 3.36. The van der Waals surface area contributed by atoms with Gasteiger partial charge in [-0.05, 0) is 36.4 Å². The van der Waals surface area contributed by atoms with E-state index in [1.807, 2.05) is 0 Å². The smallest absolute Gasteiger partial charge is 0.225 e. The molecule has 27 heavy (non-hydrogen) atoms. The van der Waals surface area contributed by atoms with Crippen LogP contribution in [0.4, 0.5) is 20.2 Å². The van der Waals surface area contributed by atoms with E-state index in [-0.39, 0.29) is 36.0 Å². The van der Waals surface area contributed by atoms with Crippen LogP contribution in [-0.4, -0.2) is 23.3 Å². The van der Waals surface area contributed by atoms with Crippen molar-refractivity contribution in [3.63, 3.8) is 0 Å². The molecule has 0 unspecified atom stereocenters. The minimum absolute atomic E-state index is 0.129. The lowest BCUT2D eigenvalue weighted by Crippen LogP contribution is -2.15. The van der Waals surface area contributed by atoms with Gasteiger partial charge in [-0.2, -0.15) is 11.8 Å². The normalized spacial score (nSPS) is 10.5. The van der Waals surface area contributed by atoms with E-state index in [1.54, 1.807) is 12.1 Å². The molecule has 0 aliphatic carbocycles. The maximum atomic E-state index is 13.6. The van der Waals surface area contributed by atoms with Crippen molar-refractivity contribution in [2.75, 3.05) is 22.1 Å². The number of amides is 2. The Bertz CT molecular complexity index is 770. The van der Waals surface area contributed by atoms with Crippen LogP contribution in [0.1, 0.15) is 12.8 Å². The highest BCUT2D eigenvalue weighted by Gasteiger charge is 2.09. The molecule has 2 aromatic rings. The van der Waals surface area contributed by atoms with Gasteiger partial charge in [0.15, 0.2) is 0 Å². The predicted octanol–water partition coefficient (Wildman–Crippen LogP) is 5.58. The summed E-state index contributed by atoms with van der Waals surface area (Å²) in [6, 6.07) is 8.79. The molecule has 0 radical (unpaired) electrons. The summed E-state index contributed by atoms with van der Waals surface area (Å²) in [6.45, 7) is 0. The molecule has 0 fully saturated rings. The fourth-order valence-electron chi connectivity index (χ4n) is 2.04. The molecule has 144 valence electrons. The standard InChI is InChI=1S/C18H16Br2F2N2O2S/c19-11-1-3-15(13(21)9-11)23-17(25)5-7-27-8-6-18(26)24-16-4-2-12(20)10-14(16)22/h1-4,9-10H,5-8H2,(H,23,25)(H,24,26). The van der Waals surface area contributed by atoms with Crippen molar-refractivity contribution in [3.05, 3.63) is 57.0 Å². The average molecular weight is 522 g/mol. The first-order chi connectivity index (χ1) is 12.8. The lowest BCUT2D eigenvalue weighted by Gasteiger charge is -2.08. The van der Waals surface area contributed by atoms with Crippen LogP contribution in [0, 0.1) is 11.6 Å². The molecule has 0 atom stereocenters. The summed E-state index contributed by atoms with van der Waals surface area (Å²) in [7, 11) is 0. The number of nitrogens with one attached hydrogen (secondary N) is 2. The molecule has 0 spiro atoms. The summed E-state index contributed by atoms with van der Waals surface area (Å²) in [5, 5.41) is 5.02. The summed E-state index contributed by atoms with van der Waals surface area (Å²) in [5.41, 5.74) is 0.258. The molecule has 2 amide bonds. The highest BCUT2D eigenvalue weighted by Crippen LogP contribution is 2.21. The van der Waals surface area contributed by atoms with E-state index in [0.717, 1.165) is 0 Å². The van der Waals surface area contributed by atoms with Gasteiger partial charge < -0.3 is 10.6 Å². The molecule has 4 nitrogen and oxygen atoms in total. The maximum absolute atomic E-state index is 13.6. The van der Waals surface area contributed by atoms with Gasteiger partial charge in [0, 0.05) is 33.3 Å². The van der Waals surface area contributed by atoms with Gasteiger partial charge >= 0.3 is 0 Å². The molecule has 0 aromatic heterocycles. The van der Waals surface area contributed by atoms with Crippen molar-refractivity contribution in [2.45, 2.75) is 12.8 Å². The first kappa shape index (κ1) is 21.8. The van der Waals surface area contributed by atoms with Crippen LogP contribution in [0.3, 0.4) is 0 Å². The van der Waals surface area contributed by atoms with Crippen LogP contribution >= 0.6 is 43.6 Å². The number of hydrogen-bond acceptors (Lipinski definition) is 3. The molecule has 2 aromatic carbocycles. The third kappa shape index (κ3) is 7.59. The van der Waals surface area contributed by atoms with Crippen molar-refractivity contribution in [3.8, 4) is 0 Å². The number of thioether (sulfide) groups is 1. The van der Waals surface area contributed by atoms with Crippen molar-refractivity contribution in [1.82, 2.24) is 0 Å². The highest BCUT2D eigenvalue weighted by molar-refractivity contribution is 9.10. The maximum Gasteiger partial charge on any atom is 0.225 e. The lowest BCUT2D eigenvalue weighted by molar-refractivity contribution is -0.116. The van der Waals surface area contributed by atoms with E-state index >= 15 is 0 Å². The Balaban J connectivity index is 1.64. The third-order valence-corrected chi connectivity index (χ3v) is 5.33. The van der Waals surface area contributed by atoms with E-state index < -0.39 is 11.6 Å². The monoisotopic (exact) mass is 520 g/mol. The first-order valence-corrected chi connectivity index (χ1v) is 10.7. The van der Waals surface area contributed by atoms with Crippen molar-refractivity contribution in [2.24, 2.45) is 0 Å². The number of benzene rings is 2. The van der Waals surface area contributed by atoms with Gasteiger partial charge in [-0.3, -0.25) is 9.59 Å². The zero-order valence-electron chi connectivity index (χ0n) is 14.0. The molecule has 9 heteroatoms. The molecule has 0 bridgehead atoms. The summed E-state index contributed by atoms with van der Waals surface area (Å²) in [5.74, 6) is -0.645. The summed E-state index contributed by atoms with van der Waals surface area (Å²) in [6.07, 6.45) is 0.395. The molecular weight excluding hydrogens is 506 g/mol. The van der Waals surface area contributed by atoms with Gasteiger partial charge in [0.2, 0.25) is 11.8 Å². The lowest BCUT2D eigenvalue weighted by atomic mass is 10.3. The van der Waals surface area contributed by atoms with Crippen LogP contribution in [0.2, 0.25) is 0 Å². The van der Waals surface area contributed by atoms with Crippen LogP contribution in [0.25, 0.3) is 0 Å². The number of carbonyl (C=O) groups excluding carboxylic acids is 2. The van der Waals surface area contributed by atoms with E-state index in [9.17, 15) is 18.4 Å². The van der Waals surface area contributed by atoms with E-state index in [4.69, 9.17) is 0 Å². The fourth-order valence-corrected chi connectivity index (χ4v) is 3.57. The van der Waals surface area contributed by atoms with Crippen LogP contribution in [0.5, 0.6) is 0 Å². The van der Waals surface area contributed by atoms with Gasteiger partial charge in [0.05, 0.1) is 11.4 Å². The average Bonchev–Trinajstić information content (AvgIpc) is 2.59. The van der Waals surface area contributed by atoms with Gasteiger partial charge in [-0.25, -0.2) is 8.78 Å². The second kappa shape index (κ2) is 10.8. The fraction of sp³-hybridized carbons (Fsp3) is 0.222. The molecule has 2 N–H and O–H groups in total. The van der Waals surface area contributed by atoms with Crippen LogP contribution < -0.4 is 10.6 Å². The number of hydrogen-bond donors (Lipinski definition) is 2. The Morgan fingerprint density at radius 2 is 1.22 bits per heavy atom. The van der Waals surface area contributed by atoms with Gasteiger partial charge in [0.1, 0.15) is 11.6 Å². The van der Waals surface area contributed by atoms with E-state index in [1.165, 1.54) is 36.0 Å². The number of anilines is 2. The second-order valence-electron chi connectivity index (χ2n) is 5.46. The molecule has 0 saturated carbocycles. The zero-order chi connectivity index (χ0) is 19.8. The van der Waals surface area contributed by atoms with Crippen LogP contribution in [-0.2, 0) is 9.59 Å². The van der Waals surface area contributed by atoms with E-state index in [2.05, 4.69) is 42.5 Å². The quantitative estimate of drug-likeness (QED) is 0.446. The summed E-state index contributed by atoms with van der Waals surface area (Å²) >= 11 is 7.72. The van der Waals surface area contributed by atoms with Crippen LogP contribution in [0.15, 0.2) is 45.3 Å². The SMILES string of the molecule is O=C(CCSCCC(=O)Nc1ccc(Br)cc1F)Nc1ccc(Br)cc1F. The highest BCUT2D eigenvalue weighted by atomic mass is 79.9. The zero-order valence-corrected chi connectivity index (χ0v) is 18.0. The minimum Gasteiger partial charge on any atom is -0.324 e. The second-order valence-corrected chi connectivity index (χ2v) is 8.51. The van der Waals surface area contributed by atoms with Gasteiger partial charge in [-0.1, -0.05) is 31.9 Å². The first-order valence-electron chi connectivity index (χ1n) is 7.92. The largest absolute Gasteiger partial charge is 0.324 e. The number of halogens is 4. The van der Waals surface area contributed by atoms with Gasteiger partial charge in [-0.15, -0.1) is 0 Å². The minimum atomic E-state index is -0.512. The predicted molar refractivity (Wildman–Crippen MR) is 112 cm³/mol. The Labute approximate surface area is 176 Å². The molecule has 0 heterocycles. The topological polar surface area (TPSA) is 58.2 Å². The van der Waals surface area contributed by atoms with Crippen molar-refractivity contribution >= 4 is 66.8 Å². The molecule has 2 rings (SSSR count). The Kier molecular flexibility index (Phi) is 8.72.